The standard InChI is InChI=1S/C20H12O3/c21-11-3-5-13-16(9-11)12-4-1-10-2-8-17(22)14-6-7-15(20(13)23)19(12)18(10)14/h1-9,21-23H. The molecule has 0 bridgehead atoms. The summed E-state index contributed by atoms with van der Waals surface area (Å²) in [5.41, 5.74) is 0. The maximum atomic E-state index is 10.7. The number of rotatable bonds is 0. The lowest BCUT2D eigenvalue weighted by atomic mass is 9.90. The molecule has 0 saturated heterocycles. The number of phenols is 3. The van der Waals surface area contributed by atoms with Gasteiger partial charge in [-0.2, -0.15) is 0 Å². The van der Waals surface area contributed by atoms with Gasteiger partial charge < -0.3 is 15.3 Å². The van der Waals surface area contributed by atoms with Gasteiger partial charge in [-0.15, -0.1) is 0 Å². The van der Waals surface area contributed by atoms with Crippen molar-refractivity contribution in [2.24, 2.45) is 0 Å². The molecule has 0 aliphatic carbocycles. The molecule has 5 aromatic carbocycles. The lowest BCUT2D eigenvalue weighted by Gasteiger charge is -2.15. The fourth-order valence-corrected chi connectivity index (χ4v) is 3.66. The van der Waals surface area contributed by atoms with Crippen molar-refractivity contribution in [3.05, 3.63) is 54.6 Å². The van der Waals surface area contributed by atoms with Gasteiger partial charge in [0.1, 0.15) is 17.2 Å². The Balaban J connectivity index is 2.21. The summed E-state index contributed by atoms with van der Waals surface area (Å²) < 4.78 is 0. The zero-order valence-electron chi connectivity index (χ0n) is 12.0. The number of fused-ring (bicyclic) bond motifs is 2. The van der Waals surface area contributed by atoms with Crippen LogP contribution in [0.4, 0.5) is 0 Å². The van der Waals surface area contributed by atoms with Gasteiger partial charge in [0.25, 0.3) is 0 Å². The highest BCUT2D eigenvalue weighted by Crippen LogP contribution is 2.45. The molecular weight excluding hydrogens is 288 g/mol. The van der Waals surface area contributed by atoms with Gasteiger partial charge in [-0.25, -0.2) is 0 Å². The van der Waals surface area contributed by atoms with Crippen LogP contribution in [-0.2, 0) is 0 Å². The van der Waals surface area contributed by atoms with E-state index in [2.05, 4.69) is 0 Å². The summed E-state index contributed by atoms with van der Waals surface area (Å²) in [5.74, 6) is 0.586. The third-order valence-electron chi connectivity index (χ3n) is 4.69. The molecule has 5 aromatic rings. The van der Waals surface area contributed by atoms with Crippen molar-refractivity contribution in [3.8, 4) is 17.2 Å². The van der Waals surface area contributed by atoms with Crippen LogP contribution in [0.5, 0.6) is 17.2 Å². The van der Waals surface area contributed by atoms with Gasteiger partial charge in [0.05, 0.1) is 0 Å². The van der Waals surface area contributed by atoms with Gasteiger partial charge in [-0.05, 0) is 52.6 Å². The van der Waals surface area contributed by atoms with E-state index in [0.717, 1.165) is 37.7 Å². The second-order valence-electron chi connectivity index (χ2n) is 5.91. The normalized spacial score (nSPS) is 12.0. The summed E-state index contributed by atoms with van der Waals surface area (Å²) in [6, 6.07) is 16.2. The maximum Gasteiger partial charge on any atom is 0.131 e. The van der Waals surface area contributed by atoms with Crippen LogP contribution in [0.25, 0.3) is 43.1 Å². The second-order valence-corrected chi connectivity index (χ2v) is 5.91. The quantitative estimate of drug-likeness (QED) is 0.283. The van der Waals surface area contributed by atoms with E-state index in [-0.39, 0.29) is 17.2 Å². The zero-order chi connectivity index (χ0) is 15.7. The summed E-state index contributed by atoms with van der Waals surface area (Å²) >= 11 is 0. The van der Waals surface area contributed by atoms with Crippen LogP contribution in [-0.4, -0.2) is 15.3 Å². The number of aromatic hydroxyl groups is 3. The van der Waals surface area contributed by atoms with E-state index < -0.39 is 0 Å². The minimum absolute atomic E-state index is 0.162. The van der Waals surface area contributed by atoms with E-state index in [4.69, 9.17) is 0 Å². The SMILES string of the molecule is Oc1ccc2c(O)c3ccc4c(O)ccc5ccc(c2c1)c3c54. The summed E-state index contributed by atoms with van der Waals surface area (Å²) in [6.45, 7) is 0. The van der Waals surface area contributed by atoms with Gasteiger partial charge in [-0.1, -0.05) is 18.2 Å². The minimum atomic E-state index is 0.162. The van der Waals surface area contributed by atoms with E-state index in [9.17, 15) is 15.3 Å². The van der Waals surface area contributed by atoms with Crippen LogP contribution in [0.15, 0.2) is 54.6 Å². The molecule has 0 radical (unpaired) electrons. The molecule has 110 valence electrons. The number of hydrogen-bond donors (Lipinski definition) is 3. The number of hydrogen-bond acceptors (Lipinski definition) is 3. The van der Waals surface area contributed by atoms with E-state index in [1.165, 1.54) is 0 Å². The highest BCUT2D eigenvalue weighted by Gasteiger charge is 2.16. The van der Waals surface area contributed by atoms with Gasteiger partial charge in [-0.3, -0.25) is 0 Å². The third-order valence-corrected chi connectivity index (χ3v) is 4.69. The Hall–Kier alpha value is -3.20. The molecule has 0 aliphatic heterocycles. The molecular formula is C20H12O3. The van der Waals surface area contributed by atoms with Crippen LogP contribution in [0.1, 0.15) is 0 Å². The van der Waals surface area contributed by atoms with Crippen LogP contribution in [0.2, 0.25) is 0 Å². The Kier molecular flexibility index (Phi) is 2.13. The van der Waals surface area contributed by atoms with E-state index in [1.54, 1.807) is 24.3 Å². The lowest BCUT2D eigenvalue weighted by Crippen LogP contribution is -1.87. The fraction of sp³-hybridized carbons (Fsp3) is 0. The predicted molar refractivity (Wildman–Crippen MR) is 92.6 cm³/mol. The summed E-state index contributed by atoms with van der Waals surface area (Å²) in [4.78, 5) is 0. The molecule has 0 saturated carbocycles. The average Bonchev–Trinajstić information content (AvgIpc) is 2.56. The topological polar surface area (TPSA) is 60.7 Å². The molecule has 0 spiro atoms. The van der Waals surface area contributed by atoms with Gasteiger partial charge in [0, 0.05) is 26.9 Å². The van der Waals surface area contributed by atoms with E-state index in [0.29, 0.717) is 5.39 Å². The molecule has 0 aromatic heterocycles. The zero-order valence-corrected chi connectivity index (χ0v) is 12.0. The Morgan fingerprint density at radius 1 is 0.522 bits per heavy atom. The molecule has 5 rings (SSSR count). The molecule has 3 N–H and O–H groups in total. The molecule has 0 aliphatic rings. The van der Waals surface area contributed by atoms with Crippen LogP contribution in [0, 0.1) is 0 Å². The van der Waals surface area contributed by atoms with Crippen molar-refractivity contribution in [2.75, 3.05) is 0 Å². The van der Waals surface area contributed by atoms with Crippen molar-refractivity contribution in [1.82, 2.24) is 0 Å². The second kappa shape index (κ2) is 3.96. The molecule has 0 heterocycles. The lowest BCUT2D eigenvalue weighted by molar-refractivity contribution is 0.475. The van der Waals surface area contributed by atoms with Crippen LogP contribution >= 0.6 is 0 Å². The molecule has 3 heteroatoms. The van der Waals surface area contributed by atoms with Crippen molar-refractivity contribution in [3.63, 3.8) is 0 Å². The van der Waals surface area contributed by atoms with Crippen molar-refractivity contribution in [2.45, 2.75) is 0 Å². The molecule has 23 heavy (non-hydrogen) atoms. The largest absolute Gasteiger partial charge is 0.508 e. The van der Waals surface area contributed by atoms with Gasteiger partial charge >= 0.3 is 0 Å². The van der Waals surface area contributed by atoms with E-state index in [1.807, 2.05) is 30.3 Å². The number of phenolic OH excluding ortho intramolecular Hbond substituents is 3. The number of benzene rings is 5. The van der Waals surface area contributed by atoms with Crippen molar-refractivity contribution >= 4 is 43.1 Å². The molecule has 0 amide bonds. The van der Waals surface area contributed by atoms with Crippen molar-refractivity contribution in [1.29, 1.82) is 0 Å². The van der Waals surface area contributed by atoms with E-state index >= 15 is 0 Å². The van der Waals surface area contributed by atoms with Gasteiger partial charge in [0.2, 0.25) is 0 Å². The molecule has 0 fully saturated rings. The Bertz CT molecular complexity index is 1240. The monoisotopic (exact) mass is 300 g/mol. The summed E-state index contributed by atoms with van der Waals surface area (Å²) in [5, 5.41) is 37.5. The Labute approximate surface area is 131 Å². The highest BCUT2D eigenvalue weighted by atomic mass is 16.3. The molecule has 0 atom stereocenters. The van der Waals surface area contributed by atoms with Gasteiger partial charge in [0.15, 0.2) is 0 Å². The Morgan fingerprint density at radius 3 is 2.09 bits per heavy atom. The Morgan fingerprint density at radius 2 is 1.22 bits per heavy atom. The smallest absolute Gasteiger partial charge is 0.131 e. The third kappa shape index (κ3) is 1.44. The molecule has 0 unspecified atom stereocenters. The highest BCUT2D eigenvalue weighted by molar-refractivity contribution is 6.31. The first-order chi connectivity index (χ1) is 11.1. The summed E-state index contributed by atoms with van der Waals surface area (Å²) in [6.07, 6.45) is 0. The first kappa shape index (κ1) is 12.4. The fourth-order valence-electron chi connectivity index (χ4n) is 3.66. The van der Waals surface area contributed by atoms with Crippen LogP contribution < -0.4 is 0 Å². The minimum Gasteiger partial charge on any atom is -0.508 e. The van der Waals surface area contributed by atoms with Crippen molar-refractivity contribution < 1.29 is 15.3 Å². The average molecular weight is 300 g/mol. The van der Waals surface area contributed by atoms with Crippen LogP contribution in [0.3, 0.4) is 0 Å². The maximum absolute atomic E-state index is 10.7. The predicted octanol–water partition coefficient (Wildman–Crippen LogP) is 4.85. The first-order valence-electron chi connectivity index (χ1n) is 7.39. The first-order valence-corrected chi connectivity index (χ1v) is 7.39. The molecule has 3 nitrogen and oxygen atoms in total. The summed E-state index contributed by atoms with van der Waals surface area (Å²) in [7, 11) is 0.